The maximum absolute atomic E-state index is 12.9. The topological polar surface area (TPSA) is 70.7 Å². The van der Waals surface area contributed by atoms with Crippen molar-refractivity contribution in [1.29, 1.82) is 0 Å². The smallest absolute Gasteiger partial charge is 0.255 e. The minimum Gasteiger partial charge on any atom is -0.382 e. The second kappa shape index (κ2) is 11.0. The van der Waals surface area contributed by atoms with Crippen LogP contribution in [0, 0.1) is 0 Å². The summed E-state index contributed by atoms with van der Waals surface area (Å²) in [6, 6.07) is 12.2. The lowest BCUT2D eigenvalue weighted by Crippen LogP contribution is -2.29. The predicted octanol–water partition coefficient (Wildman–Crippen LogP) is 4.35. The summed E-state index contributed by atoms with van der Waals surface area (Å²) in [7, 11) is 0. The molecular weight excluding hydrogens is 402 g/mol. The van der Waals surface area contributed by atoms with Crippen LogP contribution in [0.4, 0.5) is 11.4 Å². The number of ether oxygens (including phenoxy) is 1. The number of hydrogen-bond acceptors (Lipinski definition) is 4. The molecule has 1 fully saturated rings. The summed E-state index contributed by atoms with van der Waals surface area (Å²) >= 11 is 5.89. The van der Waals surface area contributed by atoms with E-state index in [1.54, 1.807) is 30.3 Å². The number of carbonyl (C=O) groups excluding carboxylic acids is 2. The van der Waals surface area contributed by atoms with Gasteiger partial charge < -0.3 is 20.3 Å². The fourth-order valence-electron chi connectivity index (χ4n) is 3.45. The van der Waals surface area contributed by atoms with Crippen molar-refractivity contribution in [2.24, 2.45) is 0 Å². The van der Waals surface area contributed by atoms with E-state index in [1.807, 2.05) is 19.1 Å². The first-order chi connectivity index (χ1) is 14.6. The van der Waals surface area contributed by atoms with Crippen LogP contribution in [0.2, 0.25) is 5.02 Å². The number of rotatable bonds is 9. The highest BCUT2D eigenvalue weighted by Gasteiger charge is 2.20. The lowest BCUT2D eigenvalue weighted by molar-refractivity contribution is 0.0943. The van der Waals surface area contributed by atoms with Crippen molar-refractivity contribution < 1.29 is 14.3 Å². The molecule has 1 heterocycles. The molecule has 2 aromatic carbocycles. The number of nitrogens with zero attached hydrogens (tertiary/aromatic N) is 1. The summed E-state index contributed by atoms with van der Waals surface area (Å²) in [6.45, 7) is 5.64. The quantitative estimate of drug-likeness (QED) is 0.581. The molecule has 160 valence electrons. The number of anilines is 2. The Kier molecular flexibility index (Phi) is 8.11. The zero-order valence-corrected chi connectivity index (χ0v) is 18.0. The molecular formula is C23H28ClN3O3. The molecule has 1 aliphatic rings. The Morgan fingerprint density at radius 2 is 1.80 bits per heavy atom. The first-order valence-corrected chi connectivity index (χ1v) is 10.8. The molecule has 0 aliphatic carbocycles. The van der Waals surface area contributed by atoms with E-state index in [1.165, 1.54) is 0 Å². The molecule has 7 heteroatoms. The van der Waals surface area contributed by atoms with Gasteiger partial charge in [-0.1, -0.05) is 11.6 Å². The summed E-state index contributed by atoms with van der Waals surface area (Å²) in [5, 5.41) is 6.42. The SMILES string of the molecule is CCOCCCNC(=O)c1cc(NC(=O)c2ccc(Cl)cc2)ccc1N1CCCC1. The maximum Gasteiger partial charge on any atom is 0.255 e. The predicted molar refractivity (Wildman–Crippen MR) is 121 cm³/mol. The molecule has 1 saturated heterocycles. The normalized spacial score (nSPS) is 13.3. The van der Waals surface area contributed by atoms with Gasteiger partial charge in [-0.25, -0.2) is 0 Å². The third kappa shape index (κ3) is 5.97. The van der Waals surface area contributed by atoms with Crippen LogP contribution in [0.25, 0.3) is 0 Å². The van der Waals surface area contributed by atoms with Crippen molar-refractivity contribution >= 4 is 34.8 Å². The molecule has 0 bridgehead atoms. The van der Waals surface area contributed by atoms with Gasteiger partial charge in [-0.05, 0) is 68.7 Å². The Balaban J connectivity index is 1.74. The van der Waals surface area contributed by atoms with Crippen LogP contribution in [0.3, 0.4) is 0 Å². The molecule has 0 unspecified atom stereocenters. The lowest BCUT2D eigenvalue weighted by Gasteiger charge is -2.22. The molecule has 30 heavy (non-hydrogen) atoms. The van der Waals surface area contributed by atoms with Crippen molar-refractivity contribution in [1.82, 2.24) is 5.32 Å². The van der Waals surface area contributed by atoms with E-state index >= 15 is 0 Å². The number of benzene rings is 2. The van der Waals surface area contributed by atoms with Crippen molar-refractivity contribution in [3.05, 3.63) is 58.6 Å². The molecule has 0 radical (unpaired) electrons. The average Bonchev–Trinajstić information content (AvgIpc) is 3.28. The molecule has 2 N–H and O–H groups in total. The van der Waals surface area contributed by atoms with Crippen LogP contribution >= 0.6 is 11.6 Å². The van der Waals surface area contributed by atoms with Crippen molar-refractivity contribution in [2.75, 3.05) is 43.1 Å². The van der Waals surface area contributed by atoms with E-state index in [0.29, 0.717) is 41.6 Å². The van der Waals surface area contributed by atoms with E-state index in [-0.39, 0.29) is 11.8 Å². The fraction of sp³-hybridized carbons (Fsp3) is 0.391. The number of hydrogen-bond donors (Lipinski definition) is 2. The molecule has 0 saturated carbocycles. The third-order valence-electron chi connectivity index (χ3n) is 5.01. The first kappa shape index (κ1) is 22.1. The van der Waals surface area contributed by atoms with Gasteiger partial charge in [-0.3, -0.25) is 9.59 Å². The third-order valence-corrected chi connectivity index (χ3v) is 5.26. The highest BCUT2D eigenvalue weighted by Crippen LogP contribution is 2.28. The van der Waals surface area contributed by atoms with Gasteiger partial charge in [-0.15, -0.1) is 0 Å². The van der Waals surface area contributed by atoms with Crippen molar-refractivity contribution in [3.8, 4) is 0 Å². The van der Waals surface area contributed by atoms with Gasteiger partial charge in [0.05, 0.1) is 5.56 Å². The van der Waals surface area contributed by atoms with E-state index in [0.717, 1.165) is 38.0 Å². The summed E-state index contributed by atoms with van der Waals surface area (Å²) in [5.74, 6) is -0.389. The van der Waals surface area contributed by atoms with Gasteiger partial charge in [0.25, 0.3) is 11.8 Å². The van der Waals surface area contributed by atoms with E-state index in [4.69, 9.17) is 16.3 Å². The van der Waals surface area contributed by atoms with Crippen LogP contribution in [-0.2, 0) is 4.74 Å². The Hall–Kier alpha value is -2.57. The largest absolute Gasteiger partial charge is 0.382 e. The minimum atomic E-state index is -0.247. The highest BCUT2D eigenvalue weighted by atomic mass is 35.5. The van der Waals surface area contributed by atoms with E-state index in [9.17, 15) is 9.59 Å². The van der Waals surface area contributed by atoms with Crippen molar-refractivity contribution in [3.63, 3.8) is 0 Å². The zero-order chi connectivity index (χ0) is 21.3. The van der Waals surface area contributed by atoms with Gasteiger partial charge in [0.15, 0.2) is 0 Å². The first-order valence-electron chi connectivity index (χ1n) is 10.4. The Morgan fingerprint density at radius 3 is 2.50 bits per heavy atom. The van der Waals surface area contributed by atoms with E-state index < -0.39 is 0 Å². The lowest BCUT2D eigenvalue weighted by atomic mass is 10.1. The monoisotopic (exact) mass is 429 g/mol. The Labute approximate surface area is 182 Å². The fourth-order valence-corrected chi connectivity index (χ4v) is 3.58. The maximum atomic E-state index is 12.9. The molecule has 1 aliphatic heterocycles. The number of halogens is 1. The number of amides is 2. The molecule has 3 rings (SSSR count). The molecule has 2 amide bonds. The molecule has 0 aromatic heterocycles. The Bertz CT molecular complexity index is 864. The second-order valence-electron chi connectivity index (χ2n) is 7.19. The summed E-state index contributed by atoms with van der Waals surface area (Å²) in [5.41, 5.74) is 2.56. The standard InChI is InChI=1S/C23H28ClN3O3/c1-2-30-15-5-12-25-23(29)20-16-19(10-11-21(20)27-13-3-4-14-27)26-22(28)17-6-8-18(24)9-7-17/h6-11,16H,2-5,12-15H2,1H3,(H,25,29)(H,26,28). The Morgan fingerprint density at radius 1 is 1.07 bits per heavy atom. The van der Waals surface area contributed by atoms with Crippen LogP contribution in [-0.4, -0.2) is 44.7 Å². The van der Waals surface area contributed by atoms with Gasteiger partial charge in [0.2, 0.25) is 0 Å². The van der Waals surface area contributed by atoms with Crippen LogP contribution in [0.15, 0.2) is 42.5 Å². The number of carbonyl (C=O) groups is 2. The highest BCUT2D eigenvalue weighted by molar-refractivity contribution is 6.30. The van der Waals surface area contributed by atoms with Gasteiger partial charge >= 0.3 is 0 Å². The zero-order valence-electron chi connectivity index (χ0n) is 17.2. The second-order valence-corrected chi connectivity index (χ2v) is 7.63. The van der Waals surface area contributed by atoms with Gasteiger partial charge in [-0.2, -0.15) is 0 Å². The van der Waals surface area contributed by atoms with Crippen LogP contribution < -0.4 is 15.5 Å². The molecule has 0 atom stereocenters. The average molecular weight is 430 g/mol. The van der Waals surface area contributed by atoms with Crippen LogP contribution in [0.5, 0.6) is 0 Å². The minimum absolute atomic E-state index is 0.143. The summed E-state index contributed by atoms with van der Waals surface area (Å²) in [6.07, 6.45) is 2.99. The summed E-state index contributed by atoms with van der Waals surface area (Å²) < 4.78 is 5.32. The summed E-state index contributed by atoms with van der Waals surface area (Å²) in [4.78, 5) is 27.7. The van der Waals surface area contributed by atoms with E-state index in [2.05, 4.69) is 15.5 Å². The van der Waals surface area contributed by atoms with Crippen LogP contribution in [0.1, 0.15) is 46.9 Å². The van der Waals surface area contributed by atoms with Crippen molar-refractivity contribution in [2.45, 2.75) is 26.2 Å². The molecule has 2 aromatic rings. The van der Waals surface area contributed by atoms with Gasteiger partial charge in [0.1, 0.15) is 0 Å². The molecule has 6 nitrogen and oxygen atoms in total. The number of nitrogens with one attached hydrogen (secondary N) is 2. The van der Waals surface area contributed by atoms with Gasteiger partial charge in [0, 0.05) is 54.8 Å². The molecule has 0 spiro atoms.